The number of nitriles is 2. The second kappa shape index (κ2) is 7.05. The highest BCUT2D eigenvalue weighted by molar-refractivity contribution is 5.98. The maximum atomic E-state index is 14.6. The Morgan fingerprint density at radius 3 is 2.55 bits per heavy atom. The van der Waals surface area contributed by atoms with Crippen LogP contribution < -0.4 is 26.8 Å². The van der Waals surface area contributed by atoms with Gasteiger partial charge in [0.1, 0.15) is 40.9 Å². The largest absolute Gasteiger partial charge is 0.573 e. The number of hydrogen-bond donors (Lipinski definition) is 4. The number of aliphatic imine (C=N–C) groups is 1. The van der Waals surface area contributed by atoms with Gasteiger partial charge in [0.2, 0.25) is 5.96 Å². The molecule has 2 aromatic rings. The van der Waals surface area contributed by atoms with E-state index in [1.165, 1.54) is 0 Å². The average molecular weight is 406 g/mol. The second-order valence-corrected chi connectivity index (χ2v) is 5.60. The molecule has 0 saturated carbocycles. The van der Waals surface area contributed by atoms with Gasteiger partial charge in [-0.15, -0.1) is 13.2 Å². The van der Waals surface area contributed by atoms with E-state index in [-0.39, 0.29) is 34.4 Å². The van der Waals surface area contributed by atoms with E-state index in [2.05, 4.69) is 25.3 Å². The molecule has 1 atom stereocenters. The number of anilines is 3. The molecule has 0 bridgehead atoms. The van der Waals surface area contributed by atoms with Gasteiger partial charge in [-0.25, -0.2) is 14.4 Å². The van der Waals surface area contributed by atoms with Gasteiger partial charge in [0.15, 0.2) is 6.19 Å². The topological polar surface area (TPSA) is 158 Å². The van der Waals surface area contributed by atoms with Crippen molar-refractivity contribution in [3.05, 3.63) is 40.7 Å². The van der Waals surface area contributed by atoms with Crippen LogP contribution in [0.1, 0.15) is 22.7 Å². The number of rotatable bonds is 2. The number of benzene rings is 1. The van der Waals surface area contributed by atoms with Gasteiger partial charge in [0, 0.05) is 5.56 Å². The number of aromatic nitrogens is 1. The zero-order valence-electron chi connectivity index (χ0n) is 14.2. The van der Waals surface area contributed by atoms with Crippen LogP contribution in [0.15, 0.2) is 23.2 Å². The standard InChI is InChI=1S/C16H10F4N8O/c17-7-2-1-3-8(29-16(18,19)20)9(7)12-10-11(23)6(4-21)13(24)27-14(10)28-15(26-12)25-5-22/h1-3,12H,(H6,23,24,25,26,27,28). The molecular weight excluding hydrogens is 396 g/mol. The lowest BCUT2D eigenvalue weighted by Crippen LogP contribution is -2.33. The number of guanidine groups is 1. The molecule has 0 amide bonds. The molecule has 1 aromatic heterocycles. The van der Waals surface area contributed by atoms with Crippen molar-refractivity contribution in [2.45, 2.75) is 12.4 Å². The summed E-state index contributed by atoms with van der Waals surface area (Å²) in [4.78, 5) is 7.95. The first-order chi connectivity index (χ1) is 13.7. The molecule has 1 aliphatic heterocycles. The zero-order valence-corrected chi connectivity index (χ0v) is 14.2. The van der Waals surface area contributed by atoms with Gasteiger partial charge in [-0.2, -0.15) is 10.5 Å². The number of alkyl halides is 3. The molecular formula is C16H10F4N8O. The first-order valence-electron chi connectivity index (χ1n) is 7.69. The Morgan fingerprint density at radius 1 is 1.21 bits per heavy atom. The van der Waals surface area contributed by atoms with Crippen LogP contribution in [0.3, 0.4) is 0 Å². The minimum absolute atomic E-state index is 0.101. The highest BCUT2D eigenvalue weighted by Crippen LogP contribution is 2.44. The Morgan fingerprint density at radius 2 is 1.93 bits per heavy atom. The lowest BCUT2D eigenvalue weighted by molar-refractivity contribution is -0.275. The summed E-state index contributed by atoms with van der Waals surface area (Å²) in [5, 5.41) is 22.8. The summed E-state index contributed by atoms with van der Waals surface area (Å²) in [6, 6.07) is 3.02. The molecule has 1 unspecified atom stereocenters. The quantitative estimate of drug-likeness (QED) is 0.335. The summed E-state index contributed by atoms with van der Waals surface area (Å²) in [6.45, 7) is 0. The van der Waals surface area contributed by atoms with E-state index in [1.807, 2.05) is 0 Å². The summed E-state index contributed by atoms with van der Waals surface area (Å²) < 4.78 is 57.0. The third kappa shape index (κ3) is 3.61. The predicted molar refractivity (Wildman–Crippen MR) is 92.5 cm³/mol. The number of pyridine rings is 1. The fourth-order valence-electron chi connectivity index (χ4n) is 2.79. The first kappa shape index (κ1) is 19.5. The van der Waals surface area contributed by atoms with Gasteiger partial charge >= 0.3 is 6.36 Å². The normalized spacial score (nSPS) is 15.2. The van der Waals surface area contributed by atoms with Gasteiger partial charge in [-0.05, 0) is 12.1 Å². The van der Waals surface area contributed by atoms with E-state index in [0.717, 1.165) is 18.2 Å². The van der Waals surface area contributed by atoms with Gasteiger partial charge in [0.25, 0.3) is 0 Å². The Hall–Kier alpha value is -4.26. The summed E-state index contributed by atoms with van der Waals surface area (Å²) in [5.41, 5.74) is 10.4. The molecule has 1 aromatic carbocycles. The van der Waals surface area contributed by atoms with Crippen molar-refractivity contribution in [2.24, 2.45) is 4.99 Å². The molecule has 0 radical (unpaired) electrons. The van der Waals surface area contributed by atoms with Crippen molar-refractivity contribution in [2.75, 3.05) is 16.8 Å². The fraction of sp³-hybridized carbons (Fsp3) is 0.125. The maximum Gasteiger partial charge on any atom is 0.573 e. The third-order valence-corrected chi connectivity index (χ3v) is 3.87. The van der Waals surface area contributed by atoms with Crippen molar-refractivity contribution in [3.8, 4) is 18.0 Å². The molecule has 3 rings (SSSR count). The zero-order chi connectivity index (χ0) is 21.3. The molecule has 0 fully saturated rings. The minimum Gasteiger partial charge on any atom is -0.405 e. The molecule has 2 heterocycles. The average Bonchev–Trinajstić information content (AvgIpc) is 2.60. The minimum atomic E-state index is -5.11. The molecule has 13 heteroatoms. The lowest BCUT2D eigenvalue weighted by atomic mass is 9.94. The van der Waals surface area contributed by atoms with Gasteiger partial charge < -0.3 is 21.5 Å². The second-order valence-electron chi connectivity index (χ2n) is 5.60. The van der Waals surface area contributed by atoms with E-state index < -0.39 is 29.5 Å². The molecule has 0 aliphatic carbocycles. The number of nitrogens with zero attached hydrogens (tertiary/aromatic N) is 4. The van der Waals surface area contributed by atoms with Crippen LogP contribution in [-0.4, -0.2) is 17.3 Å². The lowest BCUT2D eigenvalue weighted by Gasteiger charge is -2.27. The van der Waals surface area contributed by atoms with Crippen LogP contribution in [0.5, 0.6) is 5.75 Å². The van der Waals surface area contributed by atoms with Crippen LogP contribution in [0.2, 0.25) is 0 Å². The number of nitrogens with one attached hydrogen (secondary N) is 2. The van der Waals surface area contributed by atoms with Crippen LogP contribution in [0.4, 0.5) is 34.9 Å². The number of hydrogen-bond acceptors (Lipinski definition) is 9. The summed E-state index contributed by atoms with van der Waals surface area (Å²) in [6.07, 6.45) is -3.54. The van der Waals surface area contributed by atoms with Crippen molar-refractivity contribution in [1.82, 2.24) is 10.3 Å². The van der Waals surface area contributed by atoms with E-state index in [1.54, 1.807) is 12.3 Å². The van der Waals surface area contributed by atoms with Crippen molar-refractivity contribution >= 4 is 23.3 Å². The van der Waals surface area contributed by atoms with Crippen LogP contribution in [-0.2, 0) is 0 Å². The molecule has 9 nitrogen and oxygen atoms in total. The fourth-order valence-corrected chi connectivity index (χ4v) is 2.79. The highest BCUT2D eigenvalue weighted by Gasteiger charge is 2.37. The number of halogens is 4. The monoisotopic (exact) mass is 406 g/mol. The van der Waals surface area contributed by atoms with Crippen LogP contribution in [0.25, 0.3) is 0 Å². The highest BCUT2D eigenvalue weighted by atomic mass is 19.4. The molecule has 1 aliphatic rings. The van der Waals surface area contributed by atoms with Gasteiger partial charge in [-0.3, -0.25) is 5.32 Å². The summed E-state index contributed by atoms with van der Waals surface area (Å²) >= 11 is 0. The van der Waals surface area contributed by atoms with Crippen LogP contribution >= 0.6 is 0 Å². The van der Waals surface area contributed by atoms with Crippen molar-refractivity contribution in [3.63, 3.8) is 0 Å². The molecule has 6 N–H and O–H groups in total. The van der Waals surface area contributed by atoms with Crippen molar-refractivity contribution in [1.29, 1.82) is 10.5 Å². The Balaban J connectivity index is 2.31. The Bertz CT molecular complexity index is 1100. The number of nitrogen functional groups attached to an aromatic ring is 2. The number of ether oxygens (including phenoxy) is 1. The first-order valence-corrected chi connectivity index (χ1v) is 7.69. The Kier molecular flexibility index (Phi) is 4.74. The molecule has 0 saturated heterocycles. The van der Waals surface area contributed by atoms with Crippen LogP contribution in [0, 0.1) is 28.6 Å². The molecule has 0 spiro atoms. The SMILES string of the molecule is N#CNC1=NC(c2c(F)cccc2OC(F)(F)F)c2c(nc(N)c(C#N)c2N)N1. The maximum absolute atomic E-state index is 14.6. The van der Waals surface area contributed by atoms with E-state index >= 15 is 0 Å². The van der Waals surface area contributed by atoms with E-state index in [0.29, 0.717) is 0 Å². The van der Waals surface area contributed by atoms with Crippen molar-refractivity contribution < 1.29 is 22.3 Å². The van der Waals surface area contributed by atoms with Gasteiger partial charge in [0.05, 0.1) is 11.3 Å². The molecule has 148 valence electrons. The smallest absolute Gasteiger partial charge is 0.405 e. The number of nitrogens with two attached hydrogens (primary N) is 2. The third-order valence-electron chi connectivity index (χ3n) is 3.87. The predicted octanol–water partition coefficient (Wildman–Crippen LogP) is 2.10. The molecule has 29 heavy (non-hydrogen) atoms. The summed E-state index contributed by atoms with van der Waals surface area (Å²) in [5.74, 6) is -2.58. The van der Waals surface area contributed by atoms with E-state index in [4.69, 9.17) is 16.7 Å². The Labute approximate surface area is 160 Å². The van der Waals surface area contributed by atoms with E-state index in [9.17, 15) is 22.8 Å². The number of fused-ring (bicyclic) bond motifs is 1. The summed E-state index contributed by atoms with van der Waals surface area (Å²) in [7, 11) is 0. The van der Waals surface area contributed by atoms with Gasteiger partial charge in [-0.1, -0.05) is 6.07 Å².